The molecule has 0 bridgehead atoms. The standard InChI is InChI=1S/C9H16N2O3/c1-6-4-10(8(3)12)5-7(2)11(6)9(13)14/h6-7H,4-5H2,1-3H3,(H,13,14)/t6-,7?/m0/s1. The highest BCUT2D eigenvalue weighted by molar-refractivity contribution is 5.74. The third kappa shape index (κ3) is 1.97. The number of carbonyl (C=O) groups excluding carboxylic acids is 1. The number of rotatable bonds is 0. The molecule has 1 aliphatic rings. The van der Waals surface area contributed by atoms with Crippen LogP contribution in [-0.2, 0) is 4.79 Å². The van der Waals surface area contributed by atoms with E-state index in [0.29, 0.717) is 13.1 Å². The predicted molar refractivity (Wildman–Crippen MR) is 51.0 cm³/mol. The lowest BCUT2D eigenvalue weighted by atomic mass is 10.1. The molecule has 2 amide bonds. The second-order valence-corrected chi connectivity index (χ2v) is 3.81. The Morgan fingerprint density at radius 3 is 1.93 bits per heavy atom. The van der Waals surface area contributed by atoms with Crippen molar-refractivity contribution in [1.82, 2.24) is 9.80 Å². The van der Waals surface area contributed by atoms with Crippen LogP contribution in [0.5, 0.6) is 0 Å². The SMILES string of the molecule is CC(=O)N1CC(C)N(C(=O)O)[C@@H](C)C1. The van der Waals surface area contributed by atoms with Gasteiger partial charge < -0.3 is 10.0 Å². The summed E-state index contributed by atoms with van der Waals surface area (Å²) in [6.07, 6.45) is -0.909. The average molecular weight is 200 g/mol. The minimum atomic E-state index is -0.909. The van der Waals surface area contributed by atoms with E-state index >= 15 is 0 Å². The fourth-order valence-electron chi connectivity index (χ4n) is 1.96. The zero-order valence-corrected chi connectivity index (χ0v) is 8.73. The van der Waals surface area contributed by atoms with Crippen LogP contribution in [-0.4, -0.2) is 52.1 Å². The third-order valence-corrected chi connectivity index (χ3v) is 2.59. The van der Waals surface area contributed by atoms with Gasteiger partial charge in [0.15, 0.2) is 0 Å². The summed E-state index contributed by atoms with van der Waals surface area (Å²) in [5.41, 5.74) is 0. The predicted octanol–water partition coefficient (Wildman–Crippen LogP) is 0.606. The minimum Gasteiger partial charge on any atom is -0.465 e. The number of hydrogen-bond donors (Lipinski definition) is 1. The molecule has 1 fully saturated rings. The molecular formula is C9H16N2O3. The van der Waals surface area contributed by atoms with Crippen LogP contribution in [0.15, 0.2) is 0 Å². The molecule has 0 spiro atoms. The molecular weight excluding hydrogens is 184 g/mol. The van der Waals surface area contributed by atoms with Crippen molar-refractivity contribution < 1.29 is 14.7 Å². The van der Waals surface area contributed by atoms with E-state index in [2.05, 4.69) is 0 Å². The molecule has 1 unspecified atom stereocenters. The molecule has 0 aromatic heterocycles. The molecule has 0 aromatic rings. The molecule has 1 N–H and O–H groups in total. The van der Waals surface area contributed by atoms with Crippen molar-refractivity contribution in [2.45, 2.75) is 32.9 Å². The van der Waals surface area contributed by atoms with Crippen molar-refractivity contribution in [3.63, 3.8) is 0 Å². The Labute approximate surface area is 83.3 Å². The van der Waals surface area contributed by atoms with Crippen molar-refractivity contribution in [3.05, 3.63) is 0 Å². The lowest BCUT2D eigenvalue weighted by Crippen LogP contribution is -2.59. The first-order chi connectivity index (χ1) is 6.43. The fourth-order valence-corrected chi connectivity index (χ4v) is 1.96. The lowest BCUT2D eigenvalue weighted by Gasteiger charge is -2.42. The lowest BCUT2D eigenvalue weighted by molar-refractivity contribution is -0.132. The Kier molecular flexibility index (Phi) is 2.98. The van der Waals surface area contributed by atoms with Crippen molar-refractivity contribution >= 4 is 12.0 Å². The van der Waals surface area contributed by atoms with Crippen LogP contribution in [0.1, 0.15) is 20.8 Å². The molecule has 2 atom stereocenters. The molecule has 1 aliphatic heterocycles. The van der Waals surface area contributed by atoms with Crippen LogP contribution in [0, 0.1) is 0 Å². The van der Waals surface area contributed by atoms with Crippen molar-refractivity contribution in [3.8, 4) is 0 Å². The van der Waals surface area contributed by atoms with Gasteiger partial charge in [-0.2, -0.15) is 0 Å². The van der Waals surface area contributed by atoms with Crippen LogP contribution in [0.25, 0.3) is 0 Å². The van der Waals surface area contributed by atoms with E-state index in [4.69, 9.17) is 5.11 Å². The van der Waals surface area contributed by atoms with Crippen molar-refractivity contribution in [2.75, 3.05) is 13.1 Å². The van der Waals surface area contributed by atoms with E-state index < -0.39 is 6.09 Å². The van der Waals surface area contributed by atoms with E-state index in [1.54, 1.807) is 4.90 Å². The first-order valence-corrected chi connectivity index (χ1v) is 4.70. The van der Waals surface area contributed by atoms with E-state index in [-0.39, 0.29) is 18.0 Å². The molecule has 1 rings (SSSR count). The maximum atomic E-state index is 11.1. The Morgan fingerprint density at radius 1 is 1.21 bits per heavy atom. The zero-order valence-electron chi connectivity index (χ0n) is 8.73. The number of carboxylic acid groups (broad SMARTS) is 1. The molecule has 5 nitrogen and oxygen atoms in total. The number of hydrogen-bond acceptors (Lipinski definition) is 2. The van der Waals surface area contributed by atoms with Crippen LogP contribution in [0.2, 0.25) is 0 Å². The minimum absolute atomic E-state index is 0.00809. The van der Waals surface area contributed by atoms with Gasteiger partial charge in [-0.1, -0.05) is 0 Å². The molecule has 0 aliphatic carbocycles. The zero-order chi connectivity index (χ0) is 10.9. The van der Waals surface area contributed by atoms with Crippen LogP contribution < -0.4 is 0 Å². The van der Waals surface area contributed by atoms with Gasteiger partial charge in [0.05, 0.1) is 12.1 Å². The van der Waals surface area contributed by atoms with Crippen LogP contribution >= 0.6 is 0 Å². The van der Waals surface area contributed by atoms with Gasteiger partial charge in [-0.05, 0) is 13.8 Å². The average Bonchev–Trinajstić information content (AvgIpc) is 2.01. The van der Waals surface area contributed by atoms with Gasteiger partial charge in [0, 0.05) is 20.0 Å². The summed E-state index contributed by atoms with van der Waals surface area (Å²) < 4.78 is 0. The number of carbonyl (C=O) groups is 2. The summed E-state index contributed by atoms with van der Waals surface area (Å²) in [7, 11) is 0. The summed E-state index contributed by atoms with van der Waals surface area (Å²) in [5.74, 6) is 0.00809. The summed E-state index contributed by atoms with van der Waals surface area (Å²) in [6.45, 7) is 6.13. The highest BCUT2D eigenvalue weighted by atomic mass is 16.4. The summed E-state index contributed by atoms with van der Waals surface area (Å²) >= 11 is 0. The van der Waals surface area contributed by atoms with Gasteiger partial charge in [-0.25, -0.2) is 4.79 Å². The monoisotopic (exact) mass is 200 g/mol. The molecule has 1 saturated heterocycles. The maximum absolute atomic E-state index is 11.1. The van der Waals surface area contributed by atoms with E-state index in [1.165, 1.54) is 11.8 Å². The van der Waals surface area contributed by atoms with Gasteiger partial charge in [-0.3, -0.25) is 9.69 Å². The molecule has 0 aromatic carbocycles. The van der Waals surface area contributed by atoms with E-state index in [9.17, 15) is 9.59 Å². The van der Waals surface area contributed by atoms with E-state index in [0.717, 1.165) is 0 Å². The van der Waals surface area contributed by atoms with Crippen LogP contribution in [0.4, 0.5) is 4.79 Å². The molecule has 5 heteroatoms. The largest absolute Gasteiger partial charge is 0.465 e. The number of piperazine rings is 1. The Balaban J connectivity index is 2.72. The highest BCUT2D eigenvalue weighted by Gasteiger charge is 2.33. The summed E-state index contributed by atoms with van der Waals surface area (Å²) in [5, 5.41) is 8.93. The van der Waals surface area contributed by atoms with Gasteiger partial charge in [0.25, 0.3) is 0 Å². The maximum Gasteiger partial charge on any atom is 0.407 e. The Morgan fingerprint density at radius 2 is 1.64 bits per heavy atom. The molecule has 0 radical (unpaired) electrons. The Bertz CT molecular complexity index is 242. The molecule has 0 saturated carbocycles. The molecule has 80 valence electrons. The van der Waals surface area contributed by atoms with Gasteiger partial charge in [0.1, 0.15) is 0 Å². The smallest absolute Gasteiger partial charge is 0.407 e. The topological polar surface area (TPSA) is 60.9 Å². The van der Waals surface area contributed by atoms with Crippen molar-refractivity contribution in [1.29, 1.82) is 0 Å². The quantitative estimate of drug-likeness (QED) is 0.623. The number of amides is 2. The van der Waals surface area contributed by atoms with Crippen molar-refractivity contribution in [2.24, 2.45) is 0 Å². The summed E-state index contributed by atoms with van der Waals surface area (Å²) in [6, 6.07) is -0.250. The Hall–Kier alpha value is -1.26. The second kappa shape index (κ2) is 3.86. The second-order valence-electron chi connectivity index (χ2n) is 3.81. The summed E-state index contributed by atoms with van der Waals surface area (Å²) in [4.78, 5) is 25.1. The fraction of sp³-hybridized carbons (Fsp3) is 0.778. The first kappa shape index (κ1) is 10.8. The van der Waals surface area contributed by atoms with Gasteiger partial charge in [0.2, 0.25) is 5.91 Å². The molecule has 14 heavy (non-hydrogen) atoms. The highest BCUT2D eigenvalue weighted by Crippen LogP contribution is 2.15. The van der Waals surface area contributed by atoms with Crippen LogP contribution in [0.3, 0.4) is 0 Å². The van der Waals surface area contributed by atoms with Gasteiger partial charge in [-0.15, -0.1) is 0 Å². The van der Waals surface area contributed by atoms with Gasteiger partial charge >= 0.3 is 6.09 Å². The molecule has 1 heterocycles. The normalized spacial score (nSPS) is 27.6. The third-order valence-electron chi connectivity index (χ3n) is 2.59. The van der Waals surface area contributed by atoms with E-state index in [1.807, 2.05) is 13.8 Å². The number of nitrogens with zero attached hydrogens (tertiary/aromatic N) is 2. The first-order valence-electron chi connectivity index (χ1n) is 4.70.